The van der Waals surface area contributed by atoms with Gasteiger partial charge in [-0.1, -0.05) is 12.1 Å². The molecule has 2 aromatic rings. The molecule has 1 aliphatic heterocycles. The van der Waals surface area contributed by atoms with Gasteiger partial charge in [-0.15, -0.1) is 0 Å². The Morgan fingerprint density at radius 2 is 1.67 bits per heavy atom. The summed E-state index contributed by atoms with van der Waals surface area (Å²) in [6.45, 7) is 2.57. The average Bonchev–Trinajstić information content (AvgIpc) is 3.03. The van der Waals surface area contributed by atoms with E-state index in [1.807, 2.05) is 12.1 Å². The van der Waals surface area contributed by atoms with Gasteiger partial charge in [0.15, 0.2) is 0 Å². The van der Waals surface area contributed by atoms with Gasteiger partial charge in [0.1, 0.15) is 49.4 Å². The van der Waals surface area contributed by atoms with E-state index in [1.54, 1.807) is 37.4 Å². The third-order valence-electron chi connectivity index (χ3n) is 7.19. The first-order chi connectivity index (χ1) is 21.6. The monoisotopic (exact) mass is 622 g/mol. The number of nitriles is 1. The summed E-state index contributed by atoms with van der Waals surface area (Å²) >= 11 is 0. The van der Waals surface area contributed by atoms with Crippen molar-refractivity contribution in [1.82, 2.24) is 26.2 Å². The van der Waals surface area contributed by atoms with Crippen molar-refractivity contribution < 1.29 is 28.7 Å². The Bertz CT molecular complexity index is 1410. The summed E-state index contributed by atoms with van der Waals surface area (Å²) in [6.07, 6.45) is 0.202. The van der Waals surface area contributed by atoms with Gasteiger partial charge < -0.3 is 47.1 Å². The molecule has 0 fully saturated rings. The number of rotatable bonds is 12. The molecule has 242 valence electrons. The van der Waals surface area contributed by atoms with Gasteiger partial charge in [-0.25, -0.2) is 0 Å². The Kier molecular flexibility index (Phi) is 13.1. The van der Waals surface area contributed by atoms with Gasteiger partial charge >= 0.3 is 0 Å². The summed E-state index contributed by atoms with van der Waals surface area (Å²) in [4.78, 5) is 54.7. The third kappa shape index (κ3) is 9.15. The van der Waals surface area contributed by atoms with E-state index in [1.165, 1.54) is 18.9 Å². The number of likely N-dealkylation sites (N-methyl/N-ethyl adjacent to an activating group) is 1. The second kappa shape index (κ2) is 17.0. The Labute approximate surface area is 262 Å². The van der Waals surface area contributed by atoms with E-state index < -0.39 is 35.8 Å². The Balaban J connectivity index is 2.28. The predicted octanol–water partition coefficient (Wildman–Crippen LogP) is -0.677. The van der Waals surface area contributed by atoms with E-state index in [4.69, 9.17) is 26.2 Å². The quantitative estimate of drug-likeness (QED) is 0.164. The number of ether oxygens (including phenoxy) is 2. The smallest absolute Gasteiger partial charge is 0.248 e. The van der Waals surface area contributed by atoms with Gasteiger partial charge in [0, 0.05) is 50.7 Å². The maximum atomic E-state index is 13.9. The van der Waals surface area contributed by atoms with Crippen LogP contribution >= 0.6 is 0 Å². The van der Waals surface area contributed by atoms with Crippen LogP contribution in [0.3, 0.4) is 0 Å². The molecule has 14 nitrogen and oxygen atoms in total. The standard InChI is InChI=1S/C31H42N8O6/c1-19-29(41)38-24(30(42)36-13-9-32)17-20-4-6-25(44-14-10-33)22(16-20)23-18-21(5-7-26(23)45-15-11-34)28(31(43)37-19)39(3)27(40)8-12-35-2/h4-7,16,18-19,24,28,35H,8,10-15,17,33-34H2,1-3H3,(H,36,42)(H,37,43)(H,38,41)/t19-,24-,28-/m0/s1. The molecule has 45 heavy (non-hydrogen) atoms. The summed E-state index contributed by atoms with van der Waals surface area (Å²) in [5.74, 6) is -1.16. The molecular weight excluding hydrogens is 580 g/mol. The van der Waals surface area contributed by atoms with Crippen molar-refractivity contribution in [3.8, 4) is 28.7 Å². The molecule has 0 saturated heterocycles. The third-order valence-corrected chi connectivity index (χ3v) is 7.19. The molecule has 14 heteroatoms. The van der Waals surface area contributed by atoms with Gasteiger partial charge in [0.05, 0.1) is 6.07 Å². The van der Waals surface area contributed by atoms with E-state index >= 15 is 0 Å². The van der Waals surface area contributed by atoms with Crippen LogP contribution in [-0.4, -0.2) is 94.1 Å². The fraction of sp³-hybridized carbons (Fsp3) is 0.452. The second-order valence-electron chi connectivity index (χ2n) is 10.5. The highest BCUT2D eigenvalue weighted by Crippen LogP contribution is 2.40. The molecule has 4 bridgehead atoms. The summed E-state index contributed by atoms with van der Waals surface area (Å²) in [7, 11) is 3.25. The SMILES string of the molecule is CNCCC(=O)N(C)[C@@H]1C(=O)N[C@@H](C)C(=O)N[C@H](C(=O)NCC#N)Cc2ccc(OCCN)c(c2)-c2cc1ccc2OCCN. The zero-order valence-corrected chi connectivity index (χ0v) is 25.9. The first-order valence-electron chi connectivity index (χ1n) is 14.7. The van der Waals surface area contributed by atoms with E-state index in [-0.39, 0.29) is 51.6 Å². The molecule has 1 heterocycles. The minimum Gasteiger partial charge on any atom is -0.492 e. The van der Waals surface area contributed by atoms with Gasteiger partial charge in [0.25, 0.3) is 0 Å². The first-order valence-corrected chi connectivity index (χ1v) is 14.7. The fourth-order valence-electron chi connectivity index (χ4n) is 4.88. The normalized spacial score (nSPS) is 18.0. The minimum absolute atomic E-state index is 0.0673. The molecule has 3 atom stereocenters. The van der Waals surface area contributed by atoms with Gasteiger partial charge in [-0.3, -0.25) is 19.2 Å². The van der Waals surface area contributed by atoms with E-state index in [9.17, 15) is 19.2 Å². The number of fused-ring (bicyclic) bond motifs is 5. The number of hydrogen-bond acceptors (Lipinski definition) is 10. The summed E-state index contributed by atoms with van der Waals surface area (Å²) in [5.41, 5.74) is 13.7. The Hall–Kier alpha value is -4.71. The molecule has 8 N–H and O–H groups in total. The number of nitrogens with one attached hydrogen (secondary N) is 4. The lowest BCUT2D eigenvalue weighted by Gasteiger charge is -2.30. The predicted molar refractivity (Wildman–Crippen MR) is 167 cm³/mol. The maximum Gasteiger partial charge on any atom is 0.248 e. The Morgan fingerprint density at radius 1 is 1.02 bits per heavy atom. The summed E-state index contributed by atoms with van der Waals surface area (Å²) < 4.78 is 12.0. The molecule has 0 radical (unpaired) electrons. The van der Waals surface area contributed by atoms with Gasteiger partial charge in [-0.2, -0.15) is 5.26 Å². The molecule has 0 aliphatic carbocycles. The molecule has 3 rings (SSSR count). The van der Waals surface area contributed by atoms with E-state index in [0.717, 1.165) is 0 Å². The molecule has 0 spiro atoms. The molecule has 4 amide bonds. The lowest BCUT2D eigenvalue weighted by atomic mass is 9.93. The zero-order chi connectivity index (χ0) is 32.9. The maximum absolute atomic E-state index is 13.9. The number of benzene rings is 2. The van der Waals surface area contributed by atoms with Crippen LogP contribution in [0.4, 0.5) is 0 Å². The van der Waals surface area contributed by atoms with Crippen LogP contribution < -0.4 is 42.2 Å². The van der Waals surface area contributed by atoms with Gasteiger partial charge in [-0.05, 0) is 49.4 Å². The van der Waals surface area contributed by atoms with Crippen LogP contribution in [0.1, 0.15) is 30.5 Å². The lowest BCUT2D eigenvalue weighted by Crippen LogP contribution is -2.55. The summed E-state index contributed by atoms with van der Waals surface area (Å²) in [5, 5.41) is 19.8. The number of carbonyl (C=O) groups is 4. The van der Waals surface area contributed by atoms with Crippen LogP contribution in [0.25, 0.3) is 11.1 Å². The van der Waals surface area contributed by atoms with Crippen LogP contribution in [0, 0.1) is 11.3 Å². The fourth-order valence-corrected chi connectivity index (χ4v) is 4.88. The van der Waals surface area contributed by atoms with Crippen molar-refractivity contribution in [3.63, 3.8) is 0 Å². The van der Waals surface area contributed by atoms with Crippen molar-refractivity contribution in [1.29, 1.82) is 5.26 Å². The minimum atomic E-state index is -1.12. The van der Waals surface area contributed by atoms with Crippen LogP contribution in [-0.2, 0) is 25.6 Å². The van der Waals surface area contributed by atoms with E-state index in [0.29, 0.717) is 40.3 Å². The highest BCUT2D eigenvalue weighted by atomic mass is 16.5. The highest BCUT2D eigenvalue weighted by Gasteiger charge is 2.33. The average molecular weight is 623 g/mol. The van der Waals surface area contributed by atoms with Crippen molar-refractivity contribution in [2.45, 2.75) is 37.9 Å². The second-order valence-corrected chi connectivity index (χ2v) is 10.5. The first kappa shape index (κ1) is 34.8. The topological polar surface area (TPSA) is 214 Å². The largest absolute Gasteiger partial charge is 0.492 e. The molecule has 1 aliphatic rings. The molecule has 0 aromatic heterocycles. The number of amides is 4. The van der Waals surface area contributed by atoms with E-state index in [2.05, 4.69) is 21.3 Å². The van der Waals surface area contributed by atoms with Crippen molar-refractivity contribution in [3.05, 3.63) is 47.5 Å². The number of nitrogens with two attached hydrogens (primary N) is 2. The van der Waals surface area contributed by atoms with Crippen LogP contribution in [0.2, 0.25) is 0 Å². The zero-order valence-electron chi connectivity index (χ0n) is 25.9. The Morgan fingerprint density at radius 3 is 2.29 bits per heavy atom. The van der Waals surface area contributed by atoms with Crippen molar-refractivity contribution >= 4 is 23.6 Å². The van der Waals surface area contributed by atoms with Gasteiger partial charge in [0.2, 0.25) is 23.6 Å². The van der Waals surface area contributed by atoms with Crippen LogP contribution in [0.15, 0.2) is 36.4 Å². The van der Waals surface area contributed by atoms with Crippen molar-refractivity contribution in [2.75, 3.05) is 53.5 Å². The molecule has 0 unspecified atom stereocenters. The van der Waals surface area contributed by atoms with Crippen LogP contribution in [0.5, 0.6) is 11.5 Å². The van der Waals surface area contributed by atoms with Crippen molar-refractivity contribution in [2.24, 2.45) is 11.5 Å². The highest BCUT2D eigenvalue weighted by molar-refractivity contribution is 5.95. The molecule has 0 saturated carbocycles. The lowest BCUT2D eigenvalue weighted by molar-refractivity contribution is -0.140. The number of carbonyl (C=O) groups excluding carboxylic acids is 4. The number of hydrogen-bond donors (Lipinski definition) is 6. The summed E-state index contributed by atoms with van der Waals surface area (Å²) in [6, 6.07) is 9.05. The number of nitrogens with zero attached hydrogens (tertiary/aromatic N) is 2. The molecule has 2 aromatic carbocycles. The molecular formula is C31H42N8O6.